The Hall–Kier alpha value is -2.44. The fraction of sp³-hybridized carbons (Fsp3) is 0.263. The van der Waals surface area contributed by atoms with E-state index in [-0.39, 0.29) is 18.1 Å². The molecule has 0 saturated carbocycles. The first-order chi connectivity index (χ1) is 13.0. The molecule has 8 heteroatoms. The molecule has 2 aromatic carbocycles. The number of benzene rings is 2. The van der Waals surface area contributed by atoms with Crippen LogP contribution in [-0.4, -0.2) is 24.6 Å². The first-order valence-electron chi connectivity index (χ1n) is 8.59. The van der Waals surface area contributed by atoms with Crippen LogP contribution < -0.4 is 21.3 Å². The highest BCUT2D eigenvalue weighted by molar-refractivity contribution is 6.31. The van der Waals surface area contributed by atoms with Crippen molar-refractivity contribution in [2.24, 2.45) is 0 Å². The van der Waals surface area contributed by atoms with E-state index in [1.165, 1.54) is 0 Å². The van der Waals surface area contributed by atoms with Gasteiger partial charge in [0.25, 0.3) is 0 Å². The lowest BCUT2D eigenvalue weighted by Gasteiger charge is -2.18. The summed E-state index contributed by atoms with van der Waals surface area (Å²) in [5.41, 5.74) is 1.24. The van der Waals surface area contributed by atoms with Crippen molar-refractivity contribution in [2.75, 3.05) is 17.2 Å². The molecular formula is C19H22Cl2N4O2. The van der Waals surface area contributed by atoms with Crippen LogP contribution in [0.4, 0.5) is 21.0 Å². The molecule has 0 fully saturated rings. The first kappa shape index (κ1) is 20.9. The standard InChI is InChI=1S/C19H22Cl2N4O2/c1-2-15(23-19(27)25-17-8-4-6-14(21)12-17)9-10-22-18(26)24-16-7-3-5-13(20)11-16/h3-8,11-12,15H,2,9-10H2,1H3,(H2,22,24,26)(H2,23,25,27). The number of carbonyl (C=O) groups is 2. The summed E-state index contributed by atoms with van der Waals surface area (Å²) in [5, 5.41) is 12.2. The molecule has 1 atom stereocenters. The Labute approximate surface area is 168 Å². The smallest absolute Gasteiger partial charge is 0.319 e. The average molecular weight is 409 g/mol. The molecule has 6 nitrogen and oxygen atoms in total. The van der Waals surface area contributed by atoms with Gasteiger partial charge in [0, 0.05) is 34.0 Å². The summed E-state index contributed by atoms with van der Waals surface area (Å²) < 4.78 is 0. The van der Waals surface area contributed by atoms with E-state index in [4.69, 9.17) is 23.2 Å². The fourth-order valence-electron chi connectivity index (χ4n) is 2.40. The van der Waals surface area contributed by atoms with Gasteiger partial charge in [0.05, 0.1) is 0 Å². The molecule has 0 aliphatic heterocycles. The monoisotopic (exact) mass is 408 g/mol. The van der Waals surface area contributed by atoms with Gasteiger partial charge in [-0.2, -0.15) is 0 Å². The van der Waals surface area contributed by atoms with E-state index >= 15 is 0 Å². The number of amides is 4. The molecule has 1 unspecified atom stereocenters. The summed E-state index contributed by atoms with van der Waals surface area (Å²) in [6.45, 7) is 2.39. The summed E-state index contributed by atoms with van der Waals surface area (Å²) in [6, 6.07) is 13.1. The van der Waals surface area contributed by atoms with E-state index in [0.717, 1.165) is 6.42 Å². The third kappa shape index (κ3) is 7.76. The minimum absolute atomic E-state index is 0.0735. The van der Waals surface area contributed by atoms with Crippen molar-refractivity contribution in [1.82, 2.24) is 10.6 Å². The quantitative estimate of drug-likeness (QED) is 0.513. The Morgan fingerprint density at radius 2 is 1.48 bits per heavy atom. The van der Waals surface area contributed by atoms with Crippen LogP contribution in [-0.2, 0) is 0 Å². The van der Waals surface area contributed by atoms with Crippen molar-refractivity contribution >= 4 is 46.6 Å². The number of urea groups is 2. The minimum Gasteiger partial charge on any atom is -0.338 e. The summed E-state index contributed by atoms with van der Waals surface area (Å²) in [6.07, 6.45) is 1.34. The van der Waals surface area contributed by atoms with Crippen molar-refractivity contribution in [2.45, 2.75) is 25.8 Å². The van der Waals surface area contributed by atoms with E-state index < -0.39 is 0 Å². The number of rotatable bonds is 7. The van der Waals surface area contributed by atoms with Gasteiger partial charge >= 0.3 is 12.1 Å². The predicted octanol–water partition coefficient (Wildman–Crippen LogP) is 5.11. The van der Waals surface area contributed by atoms with E-state index in [0.29, 0.717) is 34.4 Å². The maximum absolute atomic E-state index is 12.1. The van der Waals surface area contributed by atoms with E-state index in [9.17, 15) is 9.59 Å². The van der Waals surface area contributed by atoms with Crippen molar-refractivity contribution in [1.29, 1.82) is 0 Å². The Morgan fingerprint density at radius 1 is 0.926 bits per heavy atom. The van der Waals surface area contributed by atoms with Crippen LogP contribution in [0.3, 0.4) is 0 Å². The van der Waals surface area contributed by atoms with Crippen LogP contribution in [0.5, 0.6) is 0 Å². The van der Waals surface area contributed by atoms with Gasteiger partial charge in [-0.15, -0.1) is 0 Å². The second-order valence-corrected chi connectivity index (χ2v) is 6.77. The van der Waals surface area contributed by atoms with E-state index in [1.807, 2.05) is 6.92 Å². The molecule has 2 rings (SSSR count). The van der Waals surface area contributed by atoms with Crippen LogP contribution in [0, 0.1) is 0 Å². The van der Waals surface area contributed by atoms with Gasteiger partial charge in [-0.3, -0.25) is 0 Å². The van der Waals surface area contributed by atoms with E-state index in [2.05, 4.69) is 21.3 Å². The molecule has 4 amide bonds. The highest BCUT2D eigenvalue weighted by Gasteiger charge is 2.11. The maximum atomic E-state index is 12.1. The molecule has 0 radical (unpaired) electrons. The van der Waals surface area contributed by atoms with Gasteiger partial charge in [0.15, 0.2) is 0 Å². The first-order valence-corrected chi connectivity index (χ1v) is 9.35. The molecule has 2 aromatic rings. The highest BCUT2D eigenvalue weighted by Crippen LogP contribution is 2.15. The van der Waals surface area contributed by atoms with Gasteiger partial charge in [0.1, 0.15) is 0 Å². The molecular weight excluding hydrogens is 387 g/mol. The summed E-state index contributed by atoms with van der Waals surface area (Å²) in [5.74, 6) is 0. The fourth-order valence-corrected chi connectivity index (χ4v) is 2.78. The molecule has 0 heterocycles. The lowest BCUT2D eigenvalue weighted by molar-refractivity contribution is 0.246. The number of hydrogen-bond donors (Lipinski definition) is 4. The lowest BCUT2D eigenvalue weighted by Crippen LogP contribution is -2.40. The SMILES string of the molecule is CCC(CCNC(=O)Nc1cccc(Cl)c1)NC(=O)Nc1cccc(Cl)c1. The van der Waals surface area contributed by atoms with Crippen molar-refractivity contribution in [3.05, 3.63) is 58.6 Å². The summed E-state index contributed by atoms with van der Waals surface area (Å²) in [7, 11) is 0. The lowest BCUT2D eigenvalue weighted by atomic mass is 10.1. The Morgan fingerprint density at radius 3 is 2.00 bits per heavy atom. The third-order valence-corrected chi connectivity index (χ3v) is 4.24. The number of anilines is 2. The largest absolute Gasteiger partial charge is 0.338 e. The molecule has 0 aliphatic rings. The van der Waals surface area contributed by atoms with Crippen molar-refractivity contribution in [3.8, 4) is 0 Å². The number of hydrogen-bond acceptors (Lipinski definition) is 2. The minimum atomic E-state index is -0.324. The number of nitrogens with one attached hydrogen (secondary N) is 4. The topological polar surface area (TPSA) is 82.3 Å². The highest BCUT2D eigenvalue weighted by atomic mass is 35.5. The van der Waals surface area contributed by atoms with Gasteiger partial charge in [-0.25, -0.2) is 9.59 Å². The number of carbonyl (C=O) groups excluding carboxylic acids is 2. The molecule has 144 valence electrons. The zero-order chi connectivity index (χ0) is 19.6. The average Bonchev–Trinajstić information content (AvgIpc) is 2.60. The normalized spacial score (nSPS) is 11.4. The molecule has 27 heavy (non-hydrogen) atoms. The van der Waals surface area contributed by atoms with Gasteiger partial charge in [-0.1, -0.05) is 42.3 Å². The molecule has 0 spiro atoms. The zero-order valence-corrected chi connectivity index (χ0v) is 16.4. The van der Waals surface area contributed by atoms with Gasteiger partial charge < -0.3 is 21.3 Å². The van der Waals surface area contributed by atoms with E-state index in [1.54, 1.807) is 48.5 Å². The van der Waals surface area contributed by atoms with Gasteiger partial charge in [0.2, 0.25) is 0 Å². The molecule has 0 aliphatic carbocycles. The third-order valence-electron chi connectivity index (χ3n) is 3.77. The zero-order valence-electron chi connectivity index (χ0n) is 14.9. The second-order valence-electron chi connectivity index (χ2n) is 5.89. The Kier molecular flexibility index (Phi) is 8.23. The number of halogens is 2. The van der Waals surface area contributed by atoms with Crippen molar-refractivity contribution < 1.29 is 9.59 Å². The van der Waals surface area contributed by atoms with Crippen LogP contribution in [0.1, 0.15) is 19.8 Å². The second kappa shape index (κ2) is 10.6. The maximum Gasteiger partial charge on any atom is 0.319 e. The van der Waals surface area contributed by atoms with Crippen LogP contribution in [0.15, 0.2) is 48.5 Å². The van der Waals surface area contributed by atoms with Crippen LogP contribution in [0.25, 0.3) is 0 Å². The molecule has 4 N–H and O–H groups in total. The summed E-state index contributed by atoms with van der Waals surface area (Å²) >= 11 is 11.8. The molecule has 0 saturated heterocycles. The molecule has 0 aromatic heterocycles. The summed E-state index contributed by atoms with van der Waals surface area (Å²) in [4.78, 5) is 24.0. The Balaban J connectivity index is 1.72. The van der Waals surface area contributed by atoms with Crippen LogP contribution in [0.2, 0.25) is 10.0 Å². The van der Waals surface area contributed by atoms with Crippen molar-refractivity contribution in [3.63, 3.8) is 0 Å². The molecule has 0 bridgehead atoms. The predicted molar refractivity (Wildman–Crippen MR) is 111 cm³/mol. The van der Waals surface area contributed by atoms with Crippen LogP contribution >= 0.6 is 23.2 Å². The Bertz CT molecular complexity index is 786. The van der Waals surface area contributed by atoms with Gasteiger partial charge in [-0.05, 0) is 49.2 Å².